The van der Waals surface area contributed by atoms with Gasteiger partial charge in [0.25, 0.3) is 0 Å². The van der Waals surface area contributed by atoms with Crippen molar-refractivity contribution in [3.63, 3.8) is 0 Å². The fourth-order valence-electron chi connectivity index (χ4n) is 5.90. The molecule has 0 rings (SSSR count). The summed E-state index contributed by atoms with van der Waals surface area (Å²) in [6.45, 7) is 4.47. The monoisotopic (exact) mass is 809 g/mol. The van der Waals surface area contributed by atoms with Gasteiger partial charge in [0.2, 0.25) is 0 Å². The van der Waals surface area contributed by atoms with Crippen LogP contribution in [0.15, 0.2) is 97.2 Å². The van der Waals surface area contributed by atoms with Crippen LogP contribution in [0.5, 0.6) is 0 Å². The lowest BCUT2D eigenvalue weighted by atomic mass is 10.1. The zero-order valence-corrected chi connectivity index (χ0v) is 37.2. The zero-order chi connectivity index (χ0) is 42.8. The molecule has 0 spiro atoms. The lowest BCUT2D eigenvalue weighted by molar-refractivity contribution is -0.887. The molecular weight excluding hydrogens is 727 g/mol. The molecule has 58 heavy (non-hydrogen) atoms. The van der Waals surface area contributed by atoms with E-state index < -0.39 is 18.1 Å². The third-order valence-electron chi connectivity index (χ3n) is 9.33. The van der Waals surface area contributed by atoms with Crippen molar-refractivity contribution >= 4 is 17.9 Å². The van der Waals surface area contributed by atoms with Gasteiger partial charge in [-0.1, -0.05) is 162 Å². The minimum absolute atomic E-state index is 0.0405. The van der Waals surface area contributed by atoms with Gasteiger partial charge in [0.05, 0.1) is 34.4 Å². The third kappa shape index (κ3) is 37.8. The minimum atomic E-state index is -0.886. The Bertz CT molecular complexity index is 1260. The first-order chi connectivity index (χ1) is 28.1. The summed E-state index contributed by atoms with van der Waals surface area (Å²) in [7, 11) is 5.50. The second-order valence-electron chi connectivity index (χ2n) is 15.7. The maximum Gasteiger partial charge on any atom is 0.362 e. The Morgan fingerprint density at radius 2 is 1.03 bits per heavy atom. The first-order valence-corrected chi connectivity index (χ1v) is 22.3. The van der Waals surface area contributed by atoms with Gasteiger partial charge in [-0.15, -0.1) is 0 Å². The summed E-state index contributed by atoms with van der Waals surface area (Å²) in [5.41, 5.74) is 0. The Labute approximate surface area is 354 Å². The molecule has 328 valence electrons. The molecule has 1 N–H and O–H groups in total. The Morgan fingerprint density at radius 3 is 1.59 bits per heavy atom. The first kappa shape index (κ1) is 54.2. The van der Waals surface area contributed by atoms with Crippen LogP contribution in [0.1, 0.15) is 149 Å². The van der Waals surface area contributed by atoms with Gasteiger partial charge in [0, 0.05) is 19.3 Å². The molecule has 0 radical (unpaired) electrons. The van der Waals surface area contributed by atoms with Crippen molar-refractivity contribution in [3.05, 3.63) is 97.2 Å². The lowest BCUT2D eigenvalue weighted by Crippen LogP contribution is -2.50. The summed E-state index contributed by atoms with van der Waals surface area (Å²) in [6, 6.07) is -0.627. The summed E-state index contributed by atoms with van der Waals surface area (Å²) < 4.78 is 17.2. The number of esters is 2. The Morgan fingerprint density at radius 1 is 0.552 bits per heavy atom. The summed E-state index contributed by atoms with van der Waals surface area (Å²) in [6.07, 6.45) is 53.0. The van der Waals surface area contributed by atoms with Crippen LogP contribution in [0.3, 0.4) is 0 Å². The first-order valence-electron chi connectivity index (χ1n) is 22.3. The number of quaternary nitrogens is 1. The van der Waals surface area contributed by atoms with E-state index in [0.717, 1.165) is 96.3 Å². The number of nitrogens with zero attached hydrogens (tertiary/aromatic N) is 1. The van der Waals surface area contributed by atoms with Crippen LogP contribution in [-0.4, -0.2) is 80.6 Å². The number of carbonyl (C=O) groups is 3. The number of ether oxygens (including phenoxy) is 3. The van der Waals surface area contributed by atoms with Crippen molar-refractivity contribution in [2.75, 3.05) is 41.0 Å². The molecule has 0 aliphatic carbocycles. The number of carboxylic acid groups (broad SMARTS) is 1. The van der Waals surface area contributed by atoms with Crippen LogP contribution in [0.2, 0.25) is 0 Å². The molecular formula is C50H82NO7+. The van der Waals surface area contributed by atoms with Crippen LogP contribution in [-0.2, 0) is 28.6 Å². The van der Waals surface area contributed by atoms with Gasteiger partial charge in [-0.2, -0.15) is 0 Å². The van der Waals surface area contributed by atoms with Gasteiger partial charge in [-0.25, -0.2) is 4.79 Å². The zero-order valence-electron chi connectivity index (χ0n) is 37.2. The van der Waals surface area contributed by atoms with Gasteiger partial charge in [0.15, 0.2) is 12.1 Å². The number of aliphatic carboxylic acids is 1. The largest absolute Gasteiger partial charge is 0.477 e. The van der Waals surface area contributed by atoms with Crippen LogP contribution in [0, 0.1) is 0 Å². The van der Waals surface area contributed by atoms with Gasteiger partial charge >= 0.3 is 17.9 Å². The SMILES string of the molecule is CC/C=C/C/C=C/C/C=C/CCCCCCCCC(=O)OC(COCCC(C(=O)O)[N+](C)(C)C)COC(=O)CCCCCCC/C=C/C=C/C=C/C=C/C=C/CCC. The molecule has 8 heteroatoms. The third-order valence-corrected chi connectivity index (χ3v) is 9.33. The number of unbranched alkanes of at least 4 members (excludes halogenated alkanes) is 12. The van der Waals surface area contributed by atoms with Crippen molar-refractivity contribution in [1.29, 1.82) is 0 Å². The Hall–Kier alpha value is -3.75. The predicted molar refractivity (Wildman–Crippen MR) is 243 cm³/mol. The molecule has 0 aliphatic rings. The number of carboxylic acids is 1. The molecule has 2 atom stereocenters. The van der Waals surface area contributed by atoms with Gasteiger partial charge < -0.3 is 23.8 Å². The maximum absolute atomic E-state index is 12.7. The molecule has 0 aromatic carbocycles. The number of likely N-dealkylation sites (N-methyl/N-ethyl adjacent to an activating group) is 1. The minimum Gasteiger partial charge on any atom is -0.477 e. The van der Waals surface area contributed by atoms with Crippen molar-refractivity contribution in [3.8, 4) is 0 Å². The van der Waals surface area contributed by atoms with Crippen LogP contribution < -0.4 is 0 Å². The van der Waals surface area contributed by atoms with E-state index in [0.29, 0.717) is 19.3 Å². The normalized spacial score (nSPS) is 13.9. The smallest absolute Gasteiger partial charge is 0.362 e. The quantitative estimate of drug-likeness (QED) is 0.0218. The van der Waals surface area contributed by atoms with E-state index in [4.69, 9.17) is 14.2 Å². The predicted octanol–water partition coefficient (Wildman–Crippen LogP) is 12.3. The lowest BCUT2D eigenvalue weighted by Gasteiger charge is -2.31. The molecule has 8 nitrogen and oxygen atoms in total. The Kier molecular flexibility index (Phi) is 37.5. The second kappa shape index (κ2) is 40.0. The number of hydrogen-bond acceptors (Lipinski definition) is 6. The van der Waals surface area contributed by atoms with Gasteiger partial charge in [0.1, 0.15) is 6.61 Å². The van der Waals surface area contributed by atoms with E-state index in [1.54, 1.807) is 0 Å². The topological polar surface area (TPSA) is 99.1 Å². The van der Waals surface area contributed by atoms with Crippen molar-refractivity contribution in [2.45, 2.75) is 161 Å². The molecule has 0 aromatic heterocycles. The summed E-state index contributed by atoms with van der Waals surface area (Å²) >= 11 is 0. The molecule has 0 bridgehead atoms. The van der Waals surface area contributed by atoms with Crippen LogP contribution >= 0.6 is 0 Å². The molecule has 2 unspecified atom stereocenters. The van der Waals surface area contributed by atoms with E-state index in [1.807, 2.05) is 57.6 Å². The summed E-state index contributed by atoms with van der Waals surface area (Å²) in [5.74, 6) is -1.53. The molecule has 0 fully saturated rings. The van der Waals surface area contributed by atoms with Gasteiger partial charge in [-0.3, -0.25) is 9.59 Å². The molecule has 0 heterocycles. The van der Waals surface area contributed by atoms with Crippen molar-refractivity contribution < 1.29 is 38.2 Å². The highest BCUT2D eigenvalue weighted by Crippen LogP contribution is 2.13. The van der Waals surface area contributed by atoms with E-state index >= 15 is 0 Å². The molecule has 0 saturated carbocycles. The van der Waals surface area contributed by atoms with Crippen molar-refractivity contribution in [1.82, 2.24) is 0 Å². The van der Waals surface area contributed by atoms with E-state index in [2.05, 4.69) is 74.6 Å². The highest BCUT2D eigenvalue weighted by Gasteiger charge is 2.31. The number of allylic oxidation sites excluding steroid dienone is 16. The average Bonchev–Trinajstić information content (AvgIpc) is 3.18. The molecule has 0 amide bonds. The van der Waals surface area contributed by atoms with E-state index in [9.17, 15) is 19.5 Å². The number of rotatable bonds is 38. The summed E-state index contributed by atoms with van der Waals surface area (Å²) in [4.78, 5) is 37.0. The average molecular weight is 809 g/mol. The molecule has 0 saturated heterocycles. The van der Waals surface area contributed by atoms with Gasteiger partial charge in [-0.05, 0) is 64.2 Å². The highest BCUT2D eigenvalue weighted by atomic mass is 16.6. The van der Waals surface area contributed by atoms with Crippen LogP contribution in [0.4, 0.5) is 0 Å². The van der Waals surface area contributed by atoms with E-state index in [1.165, 1.54) is 19.3 Å². The number of hydrogen-bond donors (Lipinski definition) is 1. The molecule has 0 aliphatic heterocycles. The number of carbonyl (C=O) groups excluding carboxylic acids is 2. The van der Waals surface area contributed by atoms with Crippen molar-refractivity contribution in [2.24, 2.45) is 0 Å². The maximum atomic E-state index is 12.7. The van der Waals surface area contributed by atoms with E-state index in [-0.39, 0.29) is 36.2 Å². The van der Waals surface area contributed by atoms with Crippen LogP contribution in [0.25, 0.3) is 0 Å². The second-order valence-corrected chi connectivity index (χ2v) is 15.7. The molecule has 0 aromatic rings. The fraction of sp³-hybridized carbons (Fsp3) is 0.620. The standard InChI is InChI=1S/C50H81NO7/c1-6-8-10-12-14-16-18-20-22-24-25-27-28-30-32-34-36-38-40-48(52)57-45-46(44-56-43-42-47(50(54)55)51(3,4)5)58-49(53)41-39-37-35-33-31-29-26-23-21-19-17-15-13-11-9-7-2/h9-12,14-18,20-25,27,46-47H,6-8,13,19,26,28-45H2,1-5H3/p+1/b11-9+,12-10+,16-14+,17-15+,20-18+,23-21+,24-22+,27-25+. The summed E-state index contributed by atoms with van der Waals surface area (Å²) in [5, 5.41) is 9.62. The fourth-order valence-corrected chi connectivity index (χ4v) is 5.90. The Balaban J connectivity index is 4.44. The highest BCUT2D eigenvalue weighted by molar-refractivity contribution is 5.72.